The predicted octanol–water partition coefficient (Wildman–Crippen LogP) is 4.11. The van der Waals surface area contributed by atoms with Crippen molar-refractivity contribution in [2.24, 2.45) is 11.3 Å². The fourth-order valence-electron chi connectivity index (χ4n) is 4.77. The number of amides is 1. The molecule has 1 aliphatic carbocycles. The molecule has 2 atom stereocenters. The Morgan fingerprint density at radius 3 is 2.89 bits per heavy atom. The first-order valence-electron chi connectivity index (χ1n) is 9.88. The fourth-order valence-corrected chi connectivity index (χ4v) is 4.77. The van der Waals surface area contributed by atoms with Crippen molar-refractivity contribution in [2.75, 3.05) is 11.4 Å². The Bertz CT molecular complexity index is 916. The highest BCUT2D eigenvalue weighted by Gasteiger charge is 2.49. The van der Waals surface area contributed by atoms with E-state index >= 15 is 0 Å². The summed E-state index contributed by atoms with van der Waals surface area (Å²) in [4.78, 5) is 36.1. The number of ketones is 1. The number of Topliss-reactive ketones (excluding diaryl/α,β-unsaturated/α-hetero) is 1. The average molecular weight is 381 g/mol. The zero-order chi connectivity index (χ0) is 19.7. The Labute approximate surface area is 164 Å². The minimum absolute atomic E-state index is 0.105. The highest BCUT2D eigenvalue weighted by atomic mass is 19.1. The normalized spacial score (nSPS) is 24.7. The lowest BCUT2D eigenvalue weighted by Gasteiger charge is -2.36. The number of benzene rings is 1. The molecule has 4 rings (SSSR count). The van der Waals surface area contributed by atoms with Crippen molar-refractivity contribution in [2.45, 2.75) is 45.4 Å². The van der Waals surface area contributed by atoms with Crippen LogP contribution in [0.15, 0.2) is 36.5 Å². The van der Waals surface area contributed by atoms with Gasteiger partial charge in [-0.05, 0) is 56.7 Å². The first-order chi connectivity index (χ1) is 13.5. The van der Waals surface area contributed by atoms with Gasteiger partial charge in [0.05, 0.1) is 11.0 Å². The maximum Gasteiger partial charge on any atom is 0.234 e. The van der Waals surface area contributed by atoms with Gasteiger partial charge in [0.2, 0.25) is 5.91 Å². The SMILES string of the molecule is Cc1nccc(N2CC[C@]3(CCC[C@H](CC(=O)c4ccccc4F)C3)C2=O)n1. The van der Waals surface area contributed by atoms with Gasteiger partial charge < -0.3 is 0 Å². The third kappa shape index (κ3) is 3.43. The Hall–Kier alpha value is -2.63. The zero-order valence-corrected chi connectivity index (χ0v) is 16.0. The van der Waals surface area contributed by atoms with Crippen molar-refractivity contribution in [3.63, 3.8) is 0 Å². The van der Waals surface area contributed by atoms with Gasteiger partial charge in [0.15, 0.2) is 5.78 Å². The molecule has 1 aromatic heterocycles. The van der Waals surface area contributed by atoms with Gasteiger partial charge in [-0.25, -0.2) is 14.4 Å². The monoisotopic (exact) mass is 381 g/mol. The lowest BCUT2D eigenvalue weighted by Crippen LogP contribution is -2.39. The smallest absolute Gasteiger partial charge is 0.234 e. The maximum absolute atomic E-state index is 13.9. The van der Waals surface area contributed by atoms with E-state index in [0.29, 0.717) is 31.0 Å². The second-order valence-corrected chi connectivity index (χ2v) is 8.02. The molecule has 28 heavy (non-hydrogen) atoms. The third-order valence-electron chi connectivity index (χ3n) is 6.15. The van der Waals surface area contributed by atoms with Crippen LogP contribution in [0.2, 0.25) is 0 Å². The first kappa shape index (κ1) is 18.7. The number of anilines is 1. The molecule has 0 N–H and O–H groups in total. The topological polar surface area (TPSA) is 63.2 Å². The van der Waals surface area contributed by atoms with Gasteiger partial charge in [-0.15, -0.1) is 0 Å². The van der Waals surface area contributed by atoms with Crippen LogP contribution >= 0.6 is 0 Å². The molecule has 5 nitrogen and oxygen atoms in total. The molecule has 2 aliphatic rings. The number of aryl methyl sites for hydroxylation is 1. The summed E-state index contributed by atoms with van der Waals surface area (Å²) >= 11 is 0. The Kier molecular flexibility index (Phi) is 4.96. The number of halogens is 1. The molecule has 2 fully saturated rings. The summed E-state index contributed by atoms with van der Waals surface area (Å²) in [5.41, 5.74) is -0.268. The summed E-state index contributed by atoms with van der Waals surface area (Å²) in [6.07, 6.45) is 6.09. The number of carbonyl (C=O) groups is 2. The predicted molar refractivity (Wildman–Crippen MR) is 103 cm³/mol. The summed E-state index contributed by atoms with van der Waals surface area (Å²) in [7, 11) is 0. The number of nitrogens with zero attached hydrogens (tertiary/aromatic N) is 3. The molecule has 1 amide bonds. The van der Waals surface area contributed by atoms with Crippen LogP contribution in [0.4, 0.5) is 10.2 Å². The molecular formula is C22H24FN3O2. The number of hydrogen-bond donors (Lipinski definition) is 0. The van der Waals surface area contributed by atoms with Crippen LogP contribution in [0.1, 0.15) is 54.7 Å². The molecule has 2 aromatic rings. The molecule has 1 saturated carbocycles. The Morgan fingerprint density at radius 1 is 1.29 bits per heavy atom. The van der Waals surface area contributed by atoms with Crippen molar-refractivity contribution in [3.05, 3.63) is 53.7 Å². The first-order valence-corrected chi connectivity index (χ1v) is 9.88. The third-order valence-corrected chi connectivity index (χ3v) is 6.15. The van der Waals surface area contributed by atoms with Crippen LogP contribution in [-0.4, -0.2) is 28.2 Å². The quantitative estimate of drug-likeness (QED) is 0.748. The number of rotatable bonds is 4. The van der Waals surface area contributed by atoms with E-state index in [9.17, 15) is 14.0 Å². The van der Waals surface area contributed by atoms with E-state index in [2.05, 4.69) is 9.97 Å². The minimum Gasteiger partial charge on any atom is -0.296 e. The standard InChI is InChI=1S/C22H24FN3O2/c1-15-24-11-8-20(25-15)26-12-10-22(21(26)28)9-4-5-16(14-22)13-19(27)17-6-2-3-7-18(17)23/h2-3,6-8,11,16H,4-5,9-10,12-14H2,1H3/t16-,22+/m1/s1. The van der Waals surface area contributed by atoms with Gasteiger partial charge >= 0.3 is 0 Å². The highest BCUT2D eigenvalue weighted by Crippen LogP contribution is 2.48. The van der Waals surface area contributed by atoms with Gasteiger partial charge in [-0.2, -0.15) is 0 Å². The van der Waals surface area contributed by atoms with Crippen LogP contribution < -0.4 is 4.90 Å². The number of hydrogen-bond acceptors (Lipinski definition) is 4. The summed E-state index contributed by atoms with van der Waals surface area (Å²) in [5.74, 6) is 0.863. The molecule has 1 spiro atoms. The molecular weight excluding hydrogens is 357 g/mol. The van der Waals surface area contributed by atoms with E-state index in [1.807, 2.05) is 6.92 Å². The van der Waals surface area contributed by atoms with E-state index < -0.39 is 11.2 Å². The zero-order valence-electron chi connectivity index (χ0n) is 16.0. The Morgan fingerprint density at radius 2 is 2.11 bits per heavy atom. The molecule has 1 saturated heterocycles. The van der Waals surface area contributed by atoms with Crippen molar-refractivity contribution in [3.8, 4) is 0 Å². The average Bonchev–Trinajstić information content (AvgIpc) is 2.98. The van der Waals surface area contributed by atoms with Gasteiger partial charge in [0.1, 0.15) is 17.5 Å². The van der Waals surface area contributed by atoms with Crippen molar-refractivity contribution in [1.29, 1.82) is 0 Å². The lowest BCUT2D eigenvalue weighted by atomic mass is 9.67. The van der Waals surface area contributed by atoms with Crippen molar-refractivity contribution in [1.82, 2.24) is 9.97 Å². The van der Waals surface area contributed by atoms with Gasteiger partial charge in [0.25, 0.3) is 0 Å². The summed E-state index contributed by atoms with van der Waals surface area (Å²) in [6.45, 7) is 2.45. The van der Waals surface area contributed by atoms with Gasteiger partial charge in [-0.1, -0.05) is 18.6 Å². The van der Waals surface area contributed by atoms with Crippen molar-refractivity contribution >= 4 is 17.5 Å². The maximum atomic E-state index is 13.9. The van der Waals surface area contributed by atoms with Crippen LogP contribution in [0.3, 0.4) is 0 Å². The Balaban J connectivity index is 1.48. The van der Waals surface area contributed by atoms with Crippen molar-refractivity contribution < 1.29 is 14.0 Å². The molecule has 146 valence electrons. The summed E-state index contributed by atoms with van der Waals surface area (Å²) in [5, 5.41) is 0. The largest absolute Gasteiger partial charge is 0.296 e. The molecule has 0 radical (unpaired) electrons. The van der Waals surface area contributed by atoms with Gasteiger partial charge in [0, 0.05) is 19.2 Å². The molecule has 6 heteroatoms. The second-order valence-electron chi connectivity index (χ2n) is 8.02. The highest BCUT2D eigenvalue weighted by molar-refractivity contribution is 5.99. The number of aromatic nitrogens is 2. The molecule has 0 unspecified atom stereocenters. The minimum atomic E-state index is -0.472. The second kappa shape index (κ2) is 7.41. The summed E-state index contributed by atoms with van der Waals surface area (Å²) < 4.78 is 13.9. The van der Waals surface area contributed by atoms with Crippen LogP contribution in [0.5, 0.6) is 0 Å². The van der Waals surface area contributed by atoms with Gasteiger partial charge in [-0.3, -0.25) is 14.5 Å². The van der Waals surface area contributed by atoms with E-state index in [4.69, 9.17) is 0 Å². The van der Waals surface area contributed by atoms with Crippen LogP contribution in [0.25, 0.3) is 0 Å². The van der Waals surface area contributed by atoms with Crippen LogP contribution in [-0.2, 0) is 4.79 Å². The lowest BCUT2D eigenvalue weighted by molar-refractivity contribution is -0.128. The van der Waals surface area contributed by atoms with E-state index in [1.54, 1.807) is 29.3 Å². The molecule has 0 bridgehead atoms. The van der Waals surface area contributed by atoms with Crippen LogP contribution in [0, 0.1) is 24.1 Å². The summed E-state index contributed by atoms with van der Waals surface area (Å²) in [6, 6.07) is 7.89. The fraction of sp³-hybridized carbons (Fsp3) is 0.455. The van der Waals surface area contributed by atoms with E-state index in [0.717, 1.165) is 25.7 Å². The van der Waals surface area contributed by atoms with E-state index in [-0.39, 0.29) is 23.2 Å². The molecule has 1 aliphatic heterocycles. The van der Waals surface area contributed by atoms with E-state index in [1.165, 1.54) is 12.1 Å². The molecule has 2 heterocycles. The number of carbonyl (C=O) groups excluding carboxylic acids is 2. The molecule has 1 aromatic carbocycles.